The summed E-state index contributed by atoms with van der Waals surface area (Å²) in [5.41, 5.74) is 10.7. The molecule has 0 amide bonds. The van der Waals surface area contributed by atoms with Crippen LogP contribution in [0.25, 0.3) is 0 Å². The number of nitrogens with zero attached hydrogens (tertiary/aromatic N) is 3. The van der Waals surface area contributed by atoms with Crippen molar-refractivity contribution in [2.45, 2.75) is 3.79 Å². The Hall–Kier alpha value is -0.520. The second kappa shape index (κ2) is 3.08. The van der Waals surface area contributed by atoms with Crippen molar-refractivity contribution in [3.8, 4) is 0 Å². The van der Waals surface area contributed by atoms with E-state index in [9.17, 15) is 0 Å². The second-order valence-electron chi connectivity index (χ2n) is 1.93. The first-order valence-electron chi connectivity index (χ1n) is 2.74. The third kappa shape index (κ3) is 1.80. The molecule has 0 radical (unpaired) electrons. The first-order chi connectivity index (χ1) is 5.43. The van der Waals surface area contributed by atoms with Crippen LogP contribution in [-0.4, -0.2) is 15.4 Å². The Morgan fingerprint density at radius 1 is 1.08 bits per heavy atom. The predicted molar refractivity (Wildman–Crippen MR) is 47.9 cm³/mol. The number of alkyl halides is 3. The third-order valence-corrected chi connectivity index (χ3v) is 1.63. The summed E-state index contributed by atoms with van der Waals surface area (Å²) in [5, 5.41) is 10.1. The van der Waals surface area contributed by atoms with Crippen LogP contribution in [0.2, 0.25) is 0 Å². The van der Waals surface area contributed by atoms with Crippen LogP contribution in [0.1, 0.15) is 5.69 Å². The fraction of sp³-hybridized carbons (Fsp3) is 0.250. The van der Waals surface area contributed by atoms with Gasteiger partial charge in [0.05, 0.1) is 0 Å². The summed E-state index contributed by atoms with van der Waals surface area (Å²) in [7, 11) is 0. The van der Waals surface area contributed by atoms with Gasteiger partial charge in [-0.05, 0) is 5.21 Å². The van der Waals surface area contributed by atoms with Crippen molar-refractivity contribution in [2.24, 2.45) is 0 Å². The molecule has 12 heavy (non-hydrogen) atoms. The molecule has 0 spiro atoms. The SMILES string of the molecule is Nc1nnnc(C(Cl)(Cl)Cl)c1N. The van der Waals surface area contributed by atoms with Gasteiger partial charge in [-0.1, -0.05) is 34.8 Å². The molecule has 5 nitrogen and oxygen atoms in total. The first-order valence-corrected chi connectivity index (χ1v) is 3.88. The summed E-state index contributed by atoms with van der Waals surface area (Å²) >= 11 is 16.5. The molecule has 8 heteroatoms. The van der Waals surface area contributed by atoms with Crippen LogP contribution < -0.4 is 11.5 Å². The maximum absolute atomic E-state index is 5.50. The quantitative estimate of drug-likeness (QED) is 0.643. The zero-order valence-electron chi connectivity index (χ0n) is 5.63. The molecule has 66 valence electrons. The molecular formula is C4H4Cl3N5. The maximum Gasteiger partial charge on any atom is 0.236 e. The molecular weight excluding hydrogens is 224 g/mol. The maximum atomic E-state index is 5.50. The molecule has 1 rings (SSSR count). The van der Waals surface area contributed by atoms with Gasteiger partial charge < -0.3 is 11.5 Å². The Labute approximate surface area is 83.0 Å². The summed E-state index contributed by atoms with van der Waals surface area (Å²) in [6.45, 7) is 0. The topological polar surface area (TPSA) is 90.7 Å². The molecule has 0 aliphatic rings. The monoisotopic (exact) mass is 227 g/mol. The van der Waals surface area contributed by atoms with E-state index >= 15 is 0 Å². The van der Waals surface area contributed by atoms with Crippen molar-refractivity contribution in [1.82, 2.24) is 15.4 Å². The van der Waals surface area contributed by atoms with Crippen LogP contribution in [0, 0.1) is 0 Å². The van der Waals surface area contributed by atoms with E-state index in [-0.39, 0.29) is 17.2 Å². The predicted octanol–water partition coefficient (Wildman–Crippen LogP) is 0.863. The Morgan fingerprint density at radius 3 is 2.08 bits per heavy atom. The molecule has 0 fully saturated rings. The van der Waals surface area contributed by atoms with Gasteiger partial charge in [0.15, 0.2) is 5.82 Å². The van der Waals surface area contributed by atoms with Gasteiger partial charge in [-0.3, -0.25) is 0 Å². The van der Waals surface area contributed by atoms with Crippen molar-refractivity contribution >= 4 is 46.3 Å². The largest absolute Gasteiger partial charge is 0.394 e. The van der Waals surface area contributed by atoms with E-state index in [1.165, 1.54) is 0 Å². The van der Waals surface area contributed by atoms with Crippen molar-refractivity contribution in [3.05, 3.63) is 5.69 Å². The Balaban J connectivity index is 3.26. The number of hydrogen-bond donors (Lipinski definition) is 2. The van der Waals surface area contributed by atoms with Crippen LogP contribution in [0.5, 0.6) is 0 Å². The van der Waals surface area contributed by atoms with Gasteiger partial charge in [0.25, 0.3) is 0 Å². The highest BCUT2D eigenvalue weighted by atomic mass is 35.6. The van der Waals surface area contributed by atoms with E-state index in [4.69, 9.17) is 46.3 Å². The fourth-order valence-electron chi connectivity index (χ4n) is 0.554. The molecule has 0 bridgehead atoms. The molecule has 0 aliphatic carbocycles. The standard InChI is InChI=1S/C4H4Cl3N5/c5-4(6,7)2-1(8)3(9)11-12-10-2/h(H2,8,12)(H2,9,10,11). The molecule has 1 aromatic rings. The first kappa shape index (κ1) is 9.57. The summed E-state index contributed by atoms with van der Waals surface area (Å²) in [6, 6.07) is 0. The minimum absolute atomic E-state index is 0.00803. The summed E-state index contributed by atoms with van der Waals surface area (Å²) in [5.74, 6) is -0.00803. The number of nitrogens with two attached hydrogens (primary N) is 2. The Morgan fingerprint density at radius 2 is 1.67 bits per heavy atom. The fourth-order valence-corrected chi connectivity index (χ4v) is 0.972. The molecule has 0 aromatic carbocycles. The molecule has 0 atom stereocenters. The van der Waals surface area contributed by atoms with Gasteiger partial charge in [-0.15, -0.1) is 10.2 Å². The highest BCUT2D eigenvalue weighted by molar-refractivity contribution is 6.66. The van der Waals surface area contributed by atoms with Crippen molar-refractivity contribution in [2.75, 3.05) is 11.5 Å². The third-order valence-electron chi connectivity index (χ3n) is 1.10. The number of rotatable bonds is 0. The van der Waals surface area contributed by atoms with Crippen LogP contribution in [0.15, 0.2) is 0 Å². The van der Waals surface area contributed by atoms with Gasteiger partial charge in [0.2, 0.25) is 3.79 Å². The smallest absolute Gasteiger partial charge is 0.236 e. The Kier molecular flexibility index (Phi) is 2.46. The molecule has 1 aromatic heterocycles. The van der Waals surface area contributed by atoms with E-state index in [0.717, 1.165) is 0 Å². The van der Waals surface area contributed by atoms with Crippen molar-refractivity contribution in [3.63, 3.8) is 0 Å². The zero-order chi connectivity index (χ0) is 9.35. The van der Waals surface area contributed by atoms with Crippen molar-refractivity contribution < 1.29 is 0 Å². The molecule has 0 unspecified atom stereocenters. The highest BCUT2D eigenvalue weighted by Crippen LogP contribution is 2.40. The Bertz CT molecular complexity index is 295. The van der Waals surface area contributed by atoms with E-state index in [2.05, 4.69) is 15.4 Å². The molecule has 0 aliphatic heterocycles. The number of aromatic nitrogens is 3. The van der Waals surface area contributed by atoms with Gasteiger partial charge in [-0.2, -0.15) is 0 Å². The second-order valence-corrected chi connectivity index (χ2v) is 4.22. The minimum Gasteiger partial charge on any atom is -0.394 e. The van der Waals surface area contributed by atoms with Gasteiger partial charge in [0.1, 0.15) is 11.4 Å². The van der Waals surface area contributed by atoms with E-state index in [0.29, 0.717) is 0 Å². The number of anilines is 2. The van der Waals surface area contributed by atoms with Crippen LogP contribution in [0.4, 0.5) is 11.5 Å². The average Bonchev–Trinajstić information content (AvgIpc) is 1.92. The number of nitrogen functional groups attached to an aromatic ring is 2. The summed E-state index contributed by atoms with van der Waals surface area (Å²) in [4.78, 5) is 0. The van der Waals surface area contributed by atoms with Gasteiger partial charge in [0, 0.05) is 0 Å². The lowest BCUT2D eigenvalue weighted by Crippen LogP contribution is -2.13. The highest BCUT2D eigenvalue weighted by Gasteiger charge is 2.29. The lowest BCUT2D eigenvalue weighted by molar-refractivity contribution is 0.831. The number of hydrogen-bond acceptors (Lipinski definition) is 5. The van der Waals surface area contributed by atoms with Crippen LogP contribution in [0.3, 0.4) is 0 Å². The molecule has 0 saturated carbocycles. The lowest BCUT2D eigenvalue weighted by Gasteiger charge is -2.11. The van der Waals surface area contributed by atoms with Gasteiger partial charge >= 0.3 is 0 Å². The van der Waals surface area contributed by atoms with Crippen molar-refractivity contribution in [1.29, 1.82) is 0 Å². The number of halogens is 3. The van der Waals surface area contributed by atoms with Gasteiger partial charge in [-0.25, -0.2) is 0 Å². The lowest BCUT2D eigenvalue weighted by atomic mass is 10.4. The summed E-state index contributed by atoms with van der Waals surface area (Å²) in [6.07, 6.45) is 0. The van der Waals surface area contributed by atoms with E-state index < -0.39 is 3.79 Å². The summed E-state index contributed by atoms with van der Waals surface area (Å²) < 4.78 is -1.73. The molecule has 4 N–H and O–H groups in total. The average molecular weight is 228 g/mol. The van der Waals surface area contributed by atoms with Crippen LogP contribution in [-0.2, 0) is 3.79 Å². The molecule has 0 saturated heterocycles. The van der Waals surface area contributed by atoms with E-state index in [1.807, 2.05) is 0 Å². The van der Waals surface area contributed by atoms with E-state index in [1.54, 1.807) is 0 Å². The van der Waals surface area contributed by atoms with Crippen LogP contribution >= 0.6 is 34.8 Å². The zero-order valence-corrected chi connectivity index (χ0v) is 7.90. The normalized spacial score (nSPS) is 11.6. The molecule has 1 heterocycles. The minimum atomic E-state index is -1.73.